The Morgan fingerprint density at radius 1 is 1.30 bits per heavy atom. The van der Waals surface area contributed by atoms with Gasteiger partial charge >= 0.3 is 0 Å². The largest absolute Gasteiger partial charge is 0.314 e. The minimum Gasteiger partial charge on any atom is -0.314 e. The first-order valence-corrected chi connectivity index (χ1v) is 4.61. The molecular formula is C9H19N. The van der Waals surface area contributed by atoms with Crippen molar-refractivity contribution in [3.8, 4) is 0 Å². The highest BCUT2D eigenvalue weighted by atomic mass is 14.9. The van der Waals surface area contributed by atoms with Gasteiger partial charge in [0.2, 0.25) is 0 Å². The highest BCUT2D eigenvalue weighted by molar-refractivity contribution is 4.78. The molecule has 1 nitrogen and oxygen atoms in total. The van der Waals surface area contributed by atoms with E-state index in [-0.39, 0.29) is 0 Å². The lowest BCUT2D eigenvalue weighted by atomic mass is 9.87. The Hall–Kier alpha value is -0.0400. The molecule has 1 heteroatoms. The summed E-state index contributed by atoms with van der Waals surface area (Å²) in [5, 5.41) is 3.57. The molecule has 1 rings (SSSR count). The first kappa shape index (κ1) is 8.06. The van der Waals surface area contributed by atoms with Gasteiger partial charge in [-0.05, 0) is 31.7 Å². The highest BCUT2D eigenvalue weighted by Gasteiger charge is 2.20. The molecule has 2 unspecified atom stereocenters. The fourth-order valence-electron chi connectivity index (χ4n) is 1.99. The van der Waals surface area contributed by atoms with Crippen LogP contribution >= 0.6 is 0 Å². The number of hydrogen-bond donors (Lipinski definition) is 1. The second-order valence-electron chi connectivity index (χ2n) is 3.28. The topological polar surface area (TPSA) is 12.0 Å². The van der Waals surface area contributed by atoms with Gasteiger partial charge in [0.25, 0.3) is 0 Å². The minimum absolute atomic E-state index is 0.818. The van der Waals surface area contributed by atoms with Crippen molar-refractivity contribution in [2.45, 2.75) is 45.6 Å². The third-order valence-electron chi connectivity index (χ3n) is 2.69. The van der Waals surface area contributed by atoms with E-state index in [0.29, 0.717) is 0 Å². The van der Waals surface area contributed by atoms with Crippen LogP contribution in [0.2, 0.25) is 0 Å². The molecule has 1 N–H and O–H groups in total. The van der Waals surface area contributed by atoms with Crippen LogP contribution in [0.15, 0.2) is 0 Å². The van der Waals surface area contributed by atoms with Crippen molar-refractivity contribution in [3.63, 3.8) is 0 Å². The average molecular weight is 141 g/mol. The molecule has 0 aromatic heterocycles. The highest BCUT2D eigenvalue weighted by Crippen LogP contribution is 2.21. The molecule has 1 fully saturated rings. The zero-order valence-electron chi connectivity index (χ0n) is 7.19. The molecule has 0 saturated carbocycles. The van der Waals surface area contributed by atoms with Gasteiger partial charge in [-0.2, -0.15) is 0 Å². The predicted octanol–water partition coefficient (Wildman–Crippen LogP) is 2.17. The third kappa shape index (κ3) is 1.72. The van der Waals surface area contributed by atoms with E-state index in [4.69, 9.17) is 0 Å². The van der Waals surface area contributed by atoms with Crippen LogP contribution in [0.4, 0.5) is 0 Å². The Balaban J connectivity index is 2.34. The Labute approximate surface area is 64.2 Å². The summed E-state index contributed by atoms with van der Waals surface area (Å²) in [6, 6.07) is 0.818. The van der Waals surface area contributed by atoms with Crippen molar-refractivity contribution in [3.05, 3.63) is 0 Å². The molecule has 0 amide bonds. The van der Waals surface area contributed by atoms with Gasteiger partial charge in [-0.1, -0.05) is 20.3 Å². The van der Waals surface area contributed by atoms with Crippen LogP contribution in [0.3, 0.4) is 0 Å². The van der Waals surface area contributed by atoms with Crippen LogP contribution in [-0.2, 0) is 0 Å². The Morgan fingerprint density at radius 2 is 2.10 bits per heavy atom. The lowest BCUT2D eigenvalue weighted by Gasteiger charge is -2.31. The molecule has 1 heterocycles. The van der Waals surface area contributed by atoms with Crippen molar-refractivity contribution in [1.29, 1.82) is 0 Å². The lowest BCUT2D eigenvalue weighted by molar-refractivity contribution is 0.267. The summed E-state index contributed by atoms with van der Waals surface area (Å²) in [4.78, 5) is 0. The second kappa shape index (κ2) is 3.97. The van der Waals surface area contributed by atoms with E-state index in [9.17, 15) is 0 Å². The summed E-state index contributed by atoms with van der Waals surface area (Å²) in [6.45, 7) is 5.83. The number of piperidine rings is 1. The van der Waals surface area contributed by atoms with Crippen molar-refractivity contribution in [1.82, 2.24) is 5.32 Å². The first-order valence-electron chi connectivity index (χ1n) is 4.61. The quantitative estimate of drug-likeness (QED) is 0.621. The summed E-state index contributed by atoms with van der Waals surface area (Å²) in [5.74, 6) is 0.957. The molecule has 0 aromatic rings. The van der Waals surface area contributed by atoms with E-state index in [2.05, 4.69) is 19.2 Å². The number of hydrogen-bond acceptors (Lipinski definition) is 1. The fourth-order valence-corrected chi connectivity index (χ4v) is 1.99. The van der Waals surface area contributed by atoms with Gasteiger partial charge in [0.05, 0.1) is 0 Å². The third-order valence-corrected chi connectivity index (χ3v) is 2.69. The second-order valence-corrected chi connectivity index (χ2v) is 3.28. The molecule has 0 aliphatic carbocycles. The molecule has 0 radical (unpaired) electrons. The van der Waals surface area contributed by atoms with Crippen LogP contribution in [0.1, 0.15) is 39.5 Å². The normalized spacial score (nSPS) is 34.2. The summed E-state index contributed by atoms with van der Waals surface area (Å²) >= 11 is 0. The van der Waals surface area contributed by atoms with E-state index >= 15 is 0 Å². The monoisotopic (exact) mass is 141 g/mol. The maximum absolute atomic E-state index is 3.57. The molecule has 1 aliphatic rings. The van der Waals surface area contributed by atoms with Gasteiger partial charge in [0.1, 0.15) is 0 Å². The Morgan fingerprint density at radius 3 is 2.60 bits per heavy atom. The van der Waals surface area contributed by atoms with Gasteiger partial charge in [0, 0.05) is 6.04 Å². The molecule has 1 aliphatic heterocycles. The van der Waals surface area contributed by atoms with Crippen LogP contribution in [0, 0.1) is 5.92 Å². The first-order chi connectivity index (χ1) is 4.88. The fraction of sp³-hybridized carbons (Fsp3) is 1.00. The zero-order chi connectivity index (χ0) is 7.40. The van der Waals surface area contributed by atoms with Gasteiger partial charge in [-0.15, -0.1) is 0 Å². The van der Waals surface area contributed by atoms with E-state index < -0.39 is 0 Å². The summed E-state index contributed by atoms with van der Waals surface area (Å²) in [6.07, 6.45) is 5.49. The van der Waals surface area contributed by atoms with Crippen molar-refractivity contribution in [2.24, 2.45) is 5.92 Å². The average Bonchev–Trinajstić information content (AvgIpc) is 2.04. The van der Waals surface area contributed by atoms with E-state index in [1.165, 1.54) is 32.2 Å². The number of rotatable bonds is 2. The van der Waals surface area contributed by atoms with Crippen LogP contribution in [0.25, 0.3) is 0 Å². The summed E-state index contributed by atoms with van der Waals surface area (Å²) in [7, 11) is 0. The zero-order valence-corrected chi connectivity index (χ0v) is 7.19. The van der Waals surface area contributed by atoms with Crippen molar-refractivity contribution in [2.75, 3.05) is 6.54 Å². The molecule has 1 saturated heterocycles. The van der Waals surface area contributed by atoms with Crippen molar-refractivity contribution >= 4 is 0 Å². The maximum Gasteiger partial charge on any atom is 0.00926 e. The van der Waals surface area contributed by atoms with Crippen LogP contribution in [0.5, 0.6) is 0 Å². The van der Waals surface area contributed by atoms with Crippen molar-refractivity contribution < 1.29 is 0 Å². The van der Waals surface area contributed by atoms with Crippen LogP contribution < -0.4 is 5.32 Å². The predicted molar refractivity (Wildman–Crippen MR) is 45.1 cm³/mol. The molecular weight excluding hydrogens is 122 g/mol. The molecule has 10 heavy (non-hydrogen) atoms. The number of nitrogens with one attached hydrogen (secondary N) is 1. The van der Waals surface area contributed by atoms with Gasteiger partial charge in [-0.25, -0.2) is 0 Å². The van der Waals surface area contributed by atoms with E-state index in [1.807, 2.05) is 0 Å². The maximum atomic E-state index is 3.57. The standard InChI is InChI=1S/C9H19N/c1-3-8-6-5-7-10-9(8)4-2/h8-10H,3-7H2,1-2H3. The van der Waals surface area contributed by atoms with E-state index in [0.717, 1.165) is 12.0 Å². The van der Waals surface area contributed by atoms with Gasteiger partial charge in [-0.3, -0.25) is 0 Å². The van der Waals surface area contributed by atoms with E-state index in [1.54, 1.807) is 0 Å². The Kier molecular flexibility index (Phi) is 3.20. The van der Waals surface area contributed by atoms with Gasteiger partial charge in [0.15, 0.2) is 0 Å². The smallest absolute Gasteiger partial charge is 0.00926 e. The molecule has 0 bridgehead atoms. The van der Waals surface area contributed by atoms with Crippen LogP contribution in [-0.4, -0.2) is 12.6 Å². The molecule has 2 atom stereocenters. The Bertz CT molecular complexity index is 78.7. The summed E-state index contributed by atoms with van der Waals surface area (Å²) in [5.41, 5.74) is 0. The molecule has 0 spiro atoms. The molecule has 0 aromatic carbocycles. The lowest BCUT2D eigenvalue weighted by Crippen LogP contribution is -2.40. The minimum atomic E-state index is 0.818. The SMILES string of the molecule is CCC1CCCNC1CC. The summed E-state index contributed by atoms with van der Waals surface area (Å²) < 4.78 is 0. The van der Waals surface area contributed by atoms with Gasteiger partial charge < -0.3 is 5.32 Å². The molecule has 60 valence electrons.